The molecule has 0 saturated carbocycles. The molecule has 1 N–H and O–H groups in total. The second-order valence-electron chi connectivity index (χ2n) is 6.13. The number of sulfone groups is 1. The fourth-order valence-corrected chi connectivity index (χ4v) is 4.29. The SMILES string of the molecule is CS(=O)(=O)c1cc(C(=O)Nc2cc(Cl)ccc2N2CCOCC2)ccc1Cl. The number of amides is 1. The van der Waals surface area contributed by atoms with Gasteiger partial charge in [-0.1, -0.05) is 23.2 Å². The summed E-state index contributed by atoms with van der Waals surface area (Å²) in [7, 11) is -3.55. The van der Waals surface area contributed by atoms with E-state index in [-0.39, 0.29) is 15.5 Å². The highest BCUT2D eigenvalue weighted by Crippen LogP contribution is 2.31. The van der Waals surface area contributed by atoms with Crippen LogP contribution in [0.4, 0.5) is 11.4 Å². The topological polar surface area (TPSA) is 75.7 Å². The Labute approximate surface area is 167 Å². The van der Waals surface area contributed by atoms with Gasteiger partial charge in [-0.2, -0.15) is 0 Å². The first-order chi connectivity index (χ1) is 12.8. The van der Waals surface area contributed by atoms with Crippen molar-refractivity contribution in [3.63, 3.8) is 0 Å². The van der Waals surface area contributed by atoms with Gasteiger partial charge >= 0.3 is 0 Å². The van der Waals surface area contributed by atoms with Crippen molar-refractivity contribution in [2.24, 2.45) is 0 Å². The van der Waals surface area contributed by atoms with E-state index in [9.17, 15) is 13.2 Å². The van der Waals surface area contributed by atoms with Gasteiger partial charge in [-0.05, 0) is 36.4 Å². The van der Waals surface area contributed by atoms with Crippen LogP contribution in [0.2, 0.25) is 10.0 Å². The molecule has 0 spiro atoms. The molecule has 2 aromatic rings. The lowest BCUT2D eigenvalue weighted by Crippen LogP contribution is -2.36. The Morgan fingerprint density at radius 2 is 1.81 bits per heavy atom. The molecule has 0 bridgehead atoms. The van der Waals surface area contributed by atoms with Crippen LogP contribution in [0, 0.1) is 0 Å². The zero-order valence-corrected chi connectivity index (χ0v) is 16.9. The quantitative estimate of drug-likeness (QED) is 0.806. The average Bonchev–Trinajstić information content (AvgIpc) is 2.62. The minimum atomic E-state index is -3.55. The molecule has 0 atom stereocenters. The fourth-order valence-electron chi connectivity index (χ4n) is 2.81. The van der Waals surface area contributed by atoms with Gasteiger partial charge in [-0.25, -0.2) is 8.42 Å². The van der Waals surface area contributed by atoms with Gasteiger partial charge in [0.2, 0.25) is 0 Å². The first-order valence-electron chi connectivity index (χ1n) is 8.19. The van der Waals surface area contributed by atoms with Crippen molar-refractivity contribution in [1.82, 2.24) is 0 Å². The van der Waals surface area contributed by atoms with Crippen LogP contribution in [0.15, 0.2) is 41.3 Å². The molecule has 6 nitrogen and oxygen atoms in total. The number of carbonyl (C=O) groups excluding carboxylic acids is 1. The number of morpholine rings is 1. The molecule has 1 aliphatic rings. The van der Waals surface area contributed by atoms with Gasteiger partial charge in [0.1, 0.15) is 0 Å². The van der Waals surface area contributed by atoms with Gasteiger partial charge in [0, 0.05) is 29.9 Å². The second-order valence-corrected chi connectivity index (χ2v) is 8.96. The molecule has 1 amide bonds. The maximum absolute atomic E-state index is 12.7. The predicted octanol–water partition coefficient (Wildman–Crippen LogP) is 3.49. The fraction of sp³-hybridized carbons (Fsp3) is 0.278. The molecule has 2 aromatic carbocycles. The van der Waals surface area contributed by atoms with Crippen molar-refractivity contribution in [2.75, 3.05) is 42.8 Å². The molecule has 1 heterocycles. The number of carbonyl (C=O) groups is 1. The van der Waals surface area contributed by atoms with Gasteiger partial charge in [0.15, 0.2) is 9.84 Å². The van der Waals surface area contributed by atoms with Gasteiger partial charge in [0.25, 0.3) is 5.91 Å². The lowest BCUT2D eigenvalue weighted by Gasteiger charge is -2.30. The van der Waals surface area contributed by atoms with Crippen LogP contribution < -0.4 is 10.2 Å². The Morgan fingerprint density at radius 1 is 1.11 bits per heavy atom. The number of nitrogens with one attached hydrogen (secondary N) is 1. The van der Waals surface area contributed by atoms with Crippen molar-refractivity contribution >= 4 is 50.3 Å². The highest BCUT2D eigenvalue weighted by Gasteiger charge is 2.19. The zero-order chi connectivity index (χ0) is 19.6. The number of halogens is 2. The number of nitrogens with zero attached hydrogens (tertiary/aromatic N) is 1. The van der Waals surface area contributed by atoms with Crippen LogP contribution in [-0.2, 0) is 14.6 Å². The number of hydrogen-bond donors (Lipinski definition) is 1. The molecule has 27 heavy (non-hydrogen) atoms. The number of hydrogen-bond acceptors (Lipinski definition) is 5. The summed E-state index contributed by atoms with van der Waals surface area (Å²) in [5, 5.41) is 3.38. The van der Waals surface area contributed by atoms with Gasteiger partial charge in [0.05, 0.1) is 34.5 Å². The van der Waals surface area contributed by atoms with Crippen molar-refractivity contribution < 1.29 is 17.9 Å². The maximum atomic E-state index is 12.7. The summed E-state index contributed by atoms with van der Waals surface area (Å²) in [4.78, 5) is 14.7. The standard InChI is InChI=1S/C18H18Cl2N2O4S/c1-27(24,25)17-10-12(2-4-14(17)20)18(23)21-15-11-13(19)3-5-16(15)22-6-8-26-9-7-22/h2-5,10-11H,6-9H2,1H3,(H,21,23). The first kappa shape index (κ1) is 19.9. The molecule has 1 fully saturated rings. The van der Waals surface area contributed by atoms with E-state index in [1.54, 1.807) is 12.1 Å². The Bertz CT molecular complexity index is 973. The molecule has 0 aromatic heterocycles. The van der Waals surface area contributed by atoms with Crippen molar-refractivity contribution in [3.8, 4) is 0 Å². The normalized spacial score (nSPS) is 14.9. The predicted molar refractivity (Wildman–Crippen MR) is 107 cm³/mol. The molecule has 0 unspecified atom stereocenters. The van der Waals surface area contributed by atoms with Crippen LogP contribution in [0.3, 0.4) is 0 Å². The number of anilines is 2. The molecule has 1 saturated heterocycles. The maximum Gasteiger partial charge on any atom is 0.255 e. The average molecular weight is 429 g/mol. The molecule has 0 aliphatic carbocycles. The third-order valence-corrected chi connectivity index (χ3v) is 5.96. The van der Waals surface area contributed by atoms with Crippen LogP contribution in [0.5, 0.6) is 0 Å². The highest BCUT2D eigenvalue weighted by atomic mass is 35.5. The van der Waals surface area contributed by atoms with E-state index in [4.69, 9.17) is 27.9 Å². The summed E-state index contributed by atoms with van der Waals surface area (Å²) < 4.78 is 29.0. The summed E-state index contributed by atoms with van der Waals surface area (Å²) in [5.41, 5.74) is 1.56. The van der Waals surface area contributed by atoms with Crippen LogP contribution in [-0.4, -0.2) is 46.9 Å². The summed E-state index contributed by atoms with van der Waals surface area (Å²) in [6.07, 6.45) is 1.05. The van der Waals surface area contributed by atoms with Crippen LogP contribution in [0.25, 0.3) is 0 Å². The minimum Gasteiger partial charge on any atom is -0.378 e. The highest BCUT2D eigenvalue weighted by molar-refractivity contribution is 7.90. The minimum absolute atomic E-state index is 0.0748. The number of benzene rings is 2. The van der Waals surface area contributed by atoms with Crippen LogP contribution >= 0.6 is 23.2 Å². The van der Waals surface area contributed by atoms with Crippen LogP contribution in [0.1, 0.15) is 10.4 Å². The zero-order valence-electron chi connectivity index (χ0n) is 14.5. The largest absolute Gasteiger partial charge is 0.378 e. The third-order valence-electron chi connectivity index (χ3n) is 4.15. The van der Waals surface area contributed by atoms with Gasteiger partial charge in [-0.3, -0.25) is 4.79 Å². The molecule has 9 heteroatoms. The Morgan fingerprint density at radius 3 is 2.48 bits per heavy atom. The third kappa shape index (κ3) is 4.73. The van der Waals surface area contributed by atoms with Crippen molar-refractivity contribution in [3.05, 3.63) is 52.0 Å². The van der Waals surface area contributed by atoms with E-state index >= 15 is 0 Å². The summed E-state index contributed by atoms with van der Waals surface area (Å²) in [5.74, 6) is -0.451. The van der Waals surface area contributed by atoms with E-state index in [0.29, 0.717) is 37.0 Å². The smallest absolute Gasteiger partial charge is 0.255 e. The second kappa shape index (κ2) is 8.06. The molecule has 1 aliphatic heterocycles. The van der Waals surface area contributed by atoms with Gasteiger partial charge in [-0.15, -0.1) is 0 Å². The summed E-state index contributed by atoms with van der Waals surface area (Å²) >= 11 is 12.0. The van der Waals surface area contributed by atoms with Gasteiger partial charge < -0.3 is 15.0 Å². The van der Waals surface area contributed by atoms with Crippen molar-refractivity contribution in [1.29, 1.82) is 0 Å². The van der Waals surface area contributed by atoms with E-state index in [0.717, 1.165) is 11.9 Å². The first-order valence-corrected chi connectivity index (χ1v) is 10.8. The number of rotatable bonds is 4. The molecular formula is C18H18Cl2N2O4S. The van der Waals surface area contributed by atoms with E-state index in [1.807, 2.05) is 6.07 Å². The summed E-state index contributed by atoms with van der Waals surface area (Å²) in [6.45, 7) is 2.60. The molecule has 3 rings (SSSR count). The summed E-state index contributed by atoms with van der Waals surface area (Å²) in [6, 6.07) is 9.40. The van der Waals surface area contributed by atoms with Crippen molar-refractivity contribution in [2.45, 2.75) is 4.90 Å². The molecule has 0 radical (unpaired) electrons. The Balaban J connectivity index is 1.91. The lowest BCUT2D eigenvalue weighted by atomic mass is 10.2. The van der Waals surface area contributed by atoms with E-state index in [2.05, 4.69) is 10.2 Å². The van der Waals surface area contributed by atoms with E-state index in [1.165, 1.54) is 18.2 Å². The Kier molecular flexibility index (Phi) is 5.95. The monoisotopic (exact) mass is 428 g/mol. The number of ether oxygens (including phenoxy) is 1. The lowest BCUT2D eigenvalue weighted by molar-refractivity contribution is 0.102. The molecular weight excluding hydrogens is 411 g/mol. The Hall–Kier alpha value is -1.80. The molecule has 144 valence electrons. The van der Waals surface area contributed by atoms with E-state index < -0.39 is 15.7 Å².